The van der Waals surface area contributed by atoms with Gasteiger partial charge in [0.25, 0.3) is 0 Å². The number of ether oxygens (including phenoxy) is 1. The van der Waals surface area contributed by atoms with Crippen LogP contribution in [0.25, 0.3) is 0 Å². The largest absolute Gasteiger partial charge is 0.383 e. The van der Waals surface area contributed by atoms with Gasteiger partial charge in [-0.1, -0.05) is 24.3 Å². The molecule has 0 saturated heterocycles. The monoisotopic (exact) mass is 262 g/mol. The molecule has 0 bridgehead atoms. The number of aryl methyl sites for hydroxylation is 1. The molecule has 1 fully saturated rings. The van der Waals surface area contributed by atoms with Crippen molar-refractivity contribution < 1.29 is 9.53 Å². The van der Waals surface area contributed by atoms with Gasteiger partial charge in [0.15, 0.2) is 0 Å². The van der Waals surface area contributed by atoms with E-state index in [1.807, 2.05) is 12.1 Å². The second-order valence-corrected chi connectivity index (χ2v) is 5.24. The maximum absolute atomic E-state index is 12.0. The lowest BCUT2D eigenvalue weighted by Gasteiger charge is -2.22. The minimum Gasteiger partial charge on any atom is -0.383 e. The van der Waals surface area contributed by atoms with Crippen LogP contribution in [-0.2, 0) is 9.53 Å². The van der Waals surface area contributed by atoms with Crippen molar-refractivity contribution in [3.63, 3.8) is 0 Å². The maximum atomic E-state index is 12.0. The zero-order valence-corrected chi connectivity index (χ0v) is 11.6. The number of nitrogens with one attached hydrogen (secondary N) is 1. The lowest BCUT2D eigenvalue weighted by Crippen LogP contribution is -2.45. The molecule has 2 atom stereocenters. The molecule has 1 aliphatic rings. The average molecular weight is 262 g/mol. The van der Waals surface area contributed by atoms with Crippen molar-refractivity contribution in [1.82, 2.24) is 5.32 Å². The number of carbonyl (C=O) groups excluding carboxylic acids is 1. The fourth-order valence-corrected chi connectivity index (χ4v) is 2.33. The van der Waals surface area contributed by atoms with Gasteiger partial charge in [0.1, 0.15) is 6.04 Å². The number of methoxy groups -OCH3 is 1. The van der Waals surface area contributed by atoms with Gasteiger partial charge in [0.2, 0.25) is 5.91 Å². The van der Waals surface area contributed by atoms with Crippen molar-refractivity contribution in [2.24, 2.45) is 11.7 Å². The van der Waals surface area contributed by atoms with Crippen LogP contribution in [0.1, 0.15) is 30.0 Å². The molecule has 0 radical (unpaired) electrons. The van der Waals surface area contributed by atoms with Gasteiger partial charge in [-0.3, -0.25) is 4.79 Å². The van der Waals surface area contributed by atoms with E-state index in [1.54, 1.807) is 7.11 Å². The van der Waals surface area contributed by atoms with Crippen LogP contribution in [0.15, 0.2) is 24.3 Å². The molecule has 19 heavy (non-hydrogen) atoms. The highest BCUT2D eigenvalue weighted by atomic mass is 16.5. The number of amides is 1. The summed E-state index contributed by atoms with van der Waals surface area (Å²) in [4.78, 5) is 12.0. The normalized spacial score (nSPS) is 17.8. The zero-order chi connectivity index (χ0) is 13.8. The predicted octanol–water partition coefficient (Wildman–Crippen LogP) is 1.54. The number of hydrogen-bond acceptors (Lipinski definition) is 3. The summed E-state index contributed by atoms with van der Waals surface area (Å²) >= 11 is 0. The third-order valence-electron chi connectivity index (χ3n) is 3.60. The second kappa shape index (κ2) is 6.17. The molecular weight excluding hydrogens is 240 g/mol. The molecule has 2 rings (SSSR count). The molecule has 4 heteroatoms. The van der Waals surface area contributed by atoms with Crippen LogP contribution >= 0.6 is 0 Å². The third-order valence-corrected chi connectivity index (χ3v) is 3.60. The summed E-state index contributed by atoms with van der Waals surface area (Å²) in [6, 6.07) is 7.67. The first-order valence-electron chi connectivity index (χ1n) is 6.74. The van der Waals surface area contributed by atoms with Gasteiger partial charge >= 0.3 is 0 Å². The van der Waals surface area contributed by atoms with Crippen molar-refractivity contribution in [1.29, 1.82) is 0 Å². The summed E-state index contributed by atoms with van der Waals surface area (Å²) in [5.41, 5.74) is 8.18. The fourth-order valence-electron chi connectivity index (χ4n) is 2.33. The average Bonchev–Trinajstić information content (AvgIpc) is 3.21. The molecule has 0 spiro atoms. The van der Waals surface area contributed by atoms with Crippen molar-refractivity contribution in [2.45, 2.75) is 31.8 Å². The number of benzene rings is 1. The van der Waals surface area contributed by atoms with Crippen molar-refractivity contribution in [3.05, 3.63) is 35.4 Å². The van der Waals surface area contributed by atoms with Gasteiger partial charge in [-0.2, -0.15) is 0 Å². The predicted molar refractivity (Wildman–Crippen MR) is 74.6 cm³/mol. The van der Waals surface area contributed by atoms with Crippen molar-refractivity contribution in [2.75, 3.05) is 13.7 Å². The summed E-state index contributed by atoms with van der Waals surface area (Å²) < 4.78 is 4.93. The van der Waals surface area contributed by atoms with Gasteiger partial charge in [-0.05, 0) is 36.8 Å². The molecule has 0 aliphatic heterocycles. The lowest BCUT2D eigenvalue weighted by atomic mass is 9.97. The molecule has 2 unspecified atom stereocenters. The number of hydrogen-bond donors (Lipinski definition) is 2. The quantitative estimate of drug-likeness (QED) is 0.817. The van der Waals surface area contributed by atoms with Gasteiger partial charge in [0, 0.05) is 7.11 Å². The maximum Gasteiger partial charge on any atom is 0.239 e. The summed E-state index contributed by atoms with van der Waals surface area (Å²) in [5, 5.41) is 3.08. The molecule has 1 saturated carbocycles. The van der Waals surface area contributed by atoms with E-state index in [0.717, 1.165) is 0 Å². The van der Waals surface area contributed by atoms with Gasteiger partial charge < -0.3 is 15.8 Å². The third kappa shape index (κ3) is 3.55. The zero-order valence-electron chi connectivity index (χ0n) is 11.6. The standard InChI is InChI=1S/C15H22N2O2/c1-10-5-3-4-6-12(10)14(11-7-8-11)17-15(18)13(16)9-19-2/h3-6,11,13-14H,7-9,16H2,1-2H3,(H,17,18). The first kappa shape index (κ1) is 14.0. The Morgan fingerprint density at radius 3 is 2.74 bits per heavy atom. The Kier molecular flexibility index (Phi) is 4.56. The lowest BCUT2D eigenvalue weighted by molar-refractivity contribution is -0.124. The van der Waals surface area contributed by atoms with E-state index in [2.05, 4.69) is 24.4 Å². The summed E-state index contributed by atoms with van der Waals surface area (Å²) in [6.07, 6.45) is 2.33. The Morgan fingerprint density at radius 1 is 1.47 bits per heavy atom. The van der Waals surface area contributed by atoms with Crippen LogP contribution in [0.3, 0.4) is 0 Å². The van der Waals surface area contributed by atoms with E-state index in [-0.39, 0.29) is 18.6 Å². The molecular formula is C15H22N2O2. The Labute approximate surface area is 114 Å². The Bertz CT molecular complexity index is 444. The van der Waals surface area contributed by atoms with E-state index in [9.17, 15) is 4.79 Å². The van der Waals surface area contributed by atoms with Gasteiger partial charge in [-0.25, -0.2) is 0 Å². The number of nitrogens with two attached hydrogens (primary N) is 1. The van der Waals surface area contributed by atoms with E-state index in [4.69, 9.17) is 10.5 Å². The number of carbonyl (C=O) groups is 1. The Balaban J connectivity index is 2.09. The van der Waals surface area contributed by atoms with Crippen molar-refractivity contribution >= 4 is 5.91 Å². The first-order valence-corrected chi connectivity index (χ1v) is 6.74. The fraction of sp³-hybridized carbons (Fsp3) is 0.533. The Morgan fingerprint density at radius 2 is 2.16 bits per heavy atom. The van der Waals surface area contributed by atoms with Gasteiger partial charge in [-0.15, -0.1) is 0 Å². The summed E-state index contributed by atoms with van der Waals surface area (Å²) in [7, 11) is 1.55. The highest BCUT2D eigenvalue weighted by molar-refractivity contribution is 5.82. The van der Waals surface area contributed by atoms with Crippen LogP contribution < -0.4 is 11.1 Å². The summed E-state index contributed by atoms with van der Waals surface area (Å²) in [6.45, 7) is 2.32. The van der Waals surface area contributed by atoms with E-state index >= 15 is 0 Å². The van der Waals surface area contributed by atoms with Gasteiger partial charge in [0.05, 0.1) is 12.6 Å². The molecule has 4 nitrogen and oxygen atoms in total. The molecule has 104 valence electrons. The minimum absolute atomic E-state index is 0.0802. The van der Waals surface area contributed by atoms with E-state index in [0.29, 0.717) is 5.92 Å². The molecule has 3 N–H and O–H groups in total. The van der Waals surface area contributed by atoms with E-state index < -0.39 is 6.04 Å². The Hall–Kier alpha value is -1.39. The van der Waals surface area contributed by atoms with Crippen LogP contribution in [0.4, 0.5) is 0 Å². The molecule has 1 aromatic rings. The SMILES string of the molecule is COCC(N)C(=O)NC(c1ccccc1C)C1CC1. The van der Waals surface area contributed by atoms with E-state index in [1.165, 1.54) is 24.0 Å². The molecule has 1 aliphatic carbocycles. The highest BCUT2D eigenvalue weighted by Crippen LogP contribution is 2.41. The topological polar surface area (TPSA) is 64.3 Å². The summed E-state index contributed by atoms with van der Waals surface area (Å²) in [5.74, 6) is 0.404. The molecule has 0 heterocycles. The second-order valence-electron chi connectivity index (χ2n) is 5.24. The highest BCUT2D eigenvalue weighted by Gasteiger charge is 2.34. The molecule has 1 aromatic carbocycles. The first-order chi connectivity index (χ1) is 9.13. The van der Waals surface area contributed by atoms with Crippen LogP contribution in [0.5, 0.6) is 0 Å². The van der Waals surface area contributed by atoms with Crippen LogP contribution in [0, 0.1) is 12.8 Å². The number of rotatable bonds is 6. The van der Waals surface area contributed by atoms with Crippen LogP contribution in [0.2, 0.25) is 0 Å². The minimum atomic E-state index is -0.602. The molecule has 0 aromatic heterocycles. The smallest absolute Gasteiger partial charge is 0.239 e. The molecule has 1 amide bonds. The van der Waals surface area contributed by atoms with Crippen molar-refractivity contribution in [3.8, 4) is 0 Å². The van der Waals surface area contributed by atoms with Crippen LogP contribution in [-0.4, -0.2) is 25.7 Å².